The van der Waals surface area contributed by atoms with Crippen LogP contribution in [0.4, 0.5) is 0 Å². The Morgan fingerprint density at radius 2 is 1.67 bits per heavy atom. The van der Waals surface area contributed by atoms with Gasteiger partial charge in [0, 0.05) is 12.6 Å². The van der Waals surface area contributed by atoms with Crippen molar-refractivity contribution in [1.29, 1.82) is 0 Å². The molecular weight excluding hydrogens is 298 g/mol. The second-order valence-corrected chi connectivity index (χ2v) is 6.43. The van der Waals surface area contributed by atoms with E-state index < -0.39 is 0 Å². The van der Waals surface area contributed by atoms with Crippen molar-refractivity contribution in [2.75, 3.05) is 13.2 Å². The van der Waals surface area contributed by atoms with Crippen molar-refractivity contribution in [3.63, 3.8) is 0 Å². The maximum absolute atomic E-state index is 5.86. The monoisotopic (exact) mass is 327 g/mol. The highest BCUT2D eigenvalue weighted by molar-refractivity contribution is 5.43. The maximum atomic E-state index is 5.86. The lowest BCUT2D eigenvalue weighted by Gasteiger charge is -2.17. The predicted molar refractivity (Wildman–Crippen MR) is 99.6 cm³/mol. The van der Waals surface area contributed by atoms with E-state index in [1.54, 1.807) is 0 Å². The van der Waals surface area contributed by atoms with Gasteiger partial charge in [-0.05, 0) is 43.0 Å². The van der Waals surface area contributed by atoms with Gasteiger partial charge in [-0.1, -0.05) is 50.2 Å². The maximum Gasteiger partial charge on any atom is 0.161 e. The summed E-state index contributed by atoms with van der Waals surface area (Å²) in [6.07, 6.45) is 0. The second-order valence-electron chi connectivity index (χ2n) is 6.43. The molecule has 2 aromatic rings. The fraction of sp³-hybridized carbons (Fsp3) is 0.429. The van der Waals surface area contributed by atoms with Gasteiger partial charge >= 0.3 is 0 Å². The van der Waals surface area contributed by atoms with E-state index in [1.807, 2.05) is 19.1 Å². The summed E-state index contributed by atoms with van der Waals surface area (Å²) < 4.78 is 11.6. The van der Waals surface area contributed by atoms with Crippen LogP contribution < -0.4 is 14.8 Å². The Kier molecular flexibility index (Phi) is 7.13. The van der Waals surface area contributed by atoms with Crippen molar-refractivity contribution < 1.29 is 9.47 Å². The molecule has 0 amide bonds. The molecule has 0 spiro atoms. The number of nitrogens with one attached hydrogen (secondary N) is 1. The summed E-state index contributed by atoms with van der Waals surface area (Å²) in [7, 11) is 0. The van der Waals surface area contributed by atoms with Crippen LogP contribution in [0.1, 0.15) is 44.9 Å². The Hall–Kier alpha value is -2.00. The first kappa shape index (κ1) is 18.3. The SMILES string of the molecule is CCOc1cc(CN[C@@H](C)c2ccccc2)ccc1OCC(C)C. The molecule has 0 unspecified atom stereocenters. The van der Waals surface area contributed by atoms with Crippen LogP contribution in [0.25, 0.3) is 0 Å². The summed E-state index contributed by atoms with van der Waals surface area (Å²) in [5.41, 5.74) is 2.48. The third-order valence-corrected chi connectivity index (χ3v) is 3.79. The highest BCUT2D eigenvalue weighted by atomic mass is 16.5. The zero-order valence-electron chi connectivity index (χ0n) is 15.2. The van der Waals surface area contributed by atoms with E-state index in [0.717, 1.165) is 18.0 Å². The molecule has 0 aliphatic carbocycles. The largest absolute Gasteiger partial charge is 0.490 e. The Morgan fingerprint density at radius 1 is 0.917 bits per heavy atom. The Balaban J connectivity index is 2.01. The van der Waals surface area contributed by atoms with E-state index >= 15 is 0 Å². The van der Waals surface area contributed by atoms with E-state index in [1.165, 1.54) is 11.1 Å². The molecule has 0 saturated carbocycles. The zero-order valence-corrected chi connectivity index (χ0v) is 15.2. The van der Waals surface area contributed by atoms with Gasteiger partial charge in [0.25, 0.3) is 0 Å². The lowest BCUT2D eigenvalue weighted by molar-refractivity contribution is 0.248. The fourth-order valence-corrected chi connectivity index (χ4v) is 2.44. The first-order valence-electron chi connectivity index (χ1n) is 8.77. The summed E-state index contributed by atoms with van der Waals surface area (Å²) in [4.78, 5) is 0. The molecule has 0 aromatic heterocycles. The quantitative estimate of drug-likeness (QED) is 0.705. The third kappa shape index (κ3) is 5.57. The normalized spacial score (nSPS) is 12.2. The molecule has 0 aliphatic heterocycles. The number of ether oxygens (including phenoxy) is 2. The van der Waals surface area contributed by atoms with E-state index in [4.69, 9.17) is 9.47 Å². The first-order valence-corrected chi connectivity index (χ1v) is 8.77. The van der Waals surface area contributed by atoms with Crippen molar-refractivity contribution in [2.45, 2.75) is 40.3 Å². The fourth-order valence-electron chi connectivity index (χ4n) is 2.44. The number of benzene rings is 2. The second kappa shape index (κ2) is 9.33. The molecule has 2 rings (SSSR count). The summed E-state index contributed by atoms with van der Waals surface area (Å²) in [5.74, 6) is 2.14. The van der Waals surface area contributed by atoms with E-state index in [0.29, 0.717) is 25.2 Å². The van der Waals surface area contributed by atoms with Crippen LogP contribution in [0.3, 0.4) is 0 Å². The summed E-state index contributed by atoms with van der Waals surface area (Å²) in [5, 5.41) is 3.56. The molecule has 0 aliphatic rings. The molecular formula is C21H29NO2. The van der Waals surface area contributed by atoms with Gasteiger partial charge in [0.15, 0.2) is 11.5 Å². The standard InChI is InChI=1S/C21H29NO2/c1-5-23-21-13-18(11-12-20(21)24-15-16(2)3)14-22-17(4)19-9-7-6-8-10-19/h6-13,16-17,22H,5,14-15H2,1-4H3/t17-/m0/s1. The lowest BCUT2D eigenvalue weighted by Crippen LogP contribution is -2.18. The van der Waals surface area contributed by atoms with Crippen LogP contribution in [-0.2, 0) is 6.54 Å². The minimum atomic E-state index is 0.304. The molecule has 2 aromatic carbocycles. The molecule has 0 heterocycles. The smallest absolute Gasteiger partial charge is 0.161 e. The zero-order chi connectivity index (χ0) is 17.4. The van der Waals surface area contributed by atoms with Crippen molar-refractivity contribution >= 4 is 0 Å². The van der Waals surface area contributed by atoms with Gasteiger partial charge < -0.3 is 14.8 Å². The van der Waals surface area contributed by atoms with Crippen molar-refractivity contribution in [3.05, 3.63) is 59.7 Å². The Labute approximate surface area is 146 Å². The molecule has 1 N–H and O–H groups in total. The summed E-state index contributed by atoms with van der Waals surface area (Å²) in [6.45, 7) is 10.6. The van der Waals surface area contributed by atoms with Gasteiger partial charge in [0.05, 0.1) is 13.2 Å². The summed E-state index contributed by atoms with van der Waals surface area (Å²) >= 11 is 0. The predicted octanol–water partition coefficient (Wildman–Crippen LogP) is 4.97. The number of hydrogen-bond acceptors (Lipinski definition) is 3. The first-order chi connectivity index (χ1) is 11.6. The van der Waals surface area contributed by atoms with Gasteiger partial charge in [0.1, 0.15) is 0 Å². The molecule has 130 valence electrons. The average molecular weight is 327 g/mol. The van der Waals surface area contributed by atoms with Gasteiger partial charge in [-0.25, -0.2) is 0 Å². The van der Waals surface area contributed by atoms with Crippen LogP contribution in [0.15, 0.2) is 48.5 Å². The van der Waals surface area contributed by atoms with E-state index in [9.17, 15) is 0 Å². The highest BCUT2D eigenvalue weighted by Gasteiger charge is 2.09. The van der Waals surface area contributed by atoms with Crippen LogP contribution in [0.5, 0.6) is 11.5 Å². The van der Waals surface area contributed by atoms with Gasteiger partial charge in [-0.3, -0.25) is 0 Å². The van der Waals surface area contributed by atoms with E-state index in [-0.39, 0.29) is 0 Å². The lowest BCUT2D eigenvalue weighted by atomic mass is 10.1. The average Bonchev–Trinajstić information content (AvgIpc) is 2.59. The van der Waals surface area contributed by atoms with Gasteiger partial charge in [0.2, 0.25) is 0 Å². The molecule has 0 bridgehead atoms. The molecule has 0 radical (unpaired) electrons. The van der Waals surface area contributed by atoms with Crippen molar-refractivity contribution in [3.8, 4) is 11.5 Å². The highest BCUT2D eigenvalue weighted by Crippen LogP contribution is 2.29. The van der Waals surface area contributed by atoms with Crippen molar-refractivity contribution in [1.82, 2.24) is 5.32 Å². The summed E-state index contributed by atoms with van der Waals surface area (Å²) in [6, 6.07) is 17.0. The number of hydrogen-bond donors (Lipinski definition) is 1. The van der Waals surface area contributed by atoms with E-state index in [2.05, 4.69) is 62.5 Å². The minimum Gasteiger partial charge on any atom is -0.490 e. The minimum absolute atomic E-state index is 0.304. The molecule has 3 heteroatoms. The Bertz CT molecular complexity index is 610. The molecule has 1 atom stereocenters. The molecule has 0 saturated heterocycles. The van der Waals surface area contributed by atoms with Crippen molar-refractivity contribution in [2.24, 2.45) is 5.92 Å². The Morgan fingerprint density at radius 3 is 2.33 bits per heavy atom. The van der Waals surface area contributed by atoms with Crippen LogP contribution in [-0.4, -0.2) is 13.2 Å². The molecule has 24 heavy (non-hydrogen) atoms. The van der Waals surface area contributed by atoms with Crippen LogP contribution in [0.2, 0.25) is 0 Å². The van der Waals surface area contributed by atoms with Gasteiger partial charge in [-0.2, -0.15) is 0 Å². The van der Waals surface area contributed by atoms with Gasteiger partial charge in [-0.15, -0.1) is 0 Å². The topological polar surface area (TPSA) is 30.5 Å². The molecule has 3 nitrogen and oxygen atoms in total. The molecule has 0 fully saturated rings. The van der Waals surface area contributed by atoms with Crippen LogP contribution in [0, 0.1) is 5.92 Å². The van der Waals surface area contributed by atoms with Crippen LogP contribution >= 0.6 is 0 Å². The third-order valence-electron chi connectivity index (χ3n) is 3.79. The number of rotatable bonds is 9.